The standard InChI is InChI=1S/C49H59NO8/c1-26-7-5-10-28-16-38-40(53)18-32-13-12-29-21-45-14-4-3-8-27-9-6-11-30(24-51)35(27)19-39(50-2)36-15-31(42(45)37-20-41(54)58-43(36)37)22-48(45,56)47(55)23-33(17-34(26)28)49(38,57)46(32,25-52)44(29)47/h5-6,9-13,20,25-26,28-29,31-34,36,38-40,42-44,50-51,53,55-57H,4,7,14-19,21-24H2,1-2H3. The Balaban J connectivity index is 1.12. The zero-order valence-electron chi connectivity index (χ0n) is 33.7. The van der Waals surface area contributed by atoms with E-state index in [0.717, 1.165) is 35.0 Å². The van der Waals surface area contributed by atoms with E-state index in [0.29, 0.717) is 63.7 Å². The lowest BCUT2D eigenvalue weighted by Gasteiger charge is -2.75. The van der Waals surface area contributed by atoms with Crippen molar-refractivity contribution in [1.29, 1.82) is 0 Å². The molecule has 308 valence electrons. The van der Waals surface area contributed by atoms with Crippen molar-refractivity contribution in [2.75, 3.05) is 7.05 Å². The number of ether oxygens (including phenoxy) is 1. The first-order valence-electron chi connectivity index (χ1n) is 22.4. The van der Waals surface area contributed by atoms with Crippen LogP contribution in [-0.4, -0.2) is 79.9 Å². The monoisotopic (exact) mass is 789 g/mol. The number of benzene rings is 1. The second-order valence-electron chi connectivity index (χ2n) is 20.8. The van der Waals surface area contributed by atoms with E-state index < -0.39 is 63.5 Å². The number of aldehydes is 1. The van der Waals surface area contributed by atoms with E-state index in [4.69, 9.17) is 4.74 Å². The third-order valence-corrected chi connectivity index (χ3v) is 19.1. The first-order chi connectivity index (χ1) is 27.9. The fourth-order valence-electron chi connectivity index (χ4n) is 17.2. The highest BCUT2D eigenvalue weighted by Crippen LogP contribution is 2.80. The Labute approximate surface area is 341 Å². The molecule has 6 N–H and O–H groups in total. The van der Waals surface area contributed by atoms with Crippen molar-refractivity contribution in [1.82, 2.24) is 5.32 Å². The number of likely N-dealkylation sites (N-methyl/N-ethyl adjacent to an activating group) is 1. The van der Waals surface area contributed by atoms with Crippen LogP contribution in [0.4, 0.5) is 0 Å². The molecule has 6 fully saturated rings. The van der Waals surface area contributed by atoms with E-state index in [-0.39, 0.29) is 60.5 Å². The van der Waals surface area contributed by atoms with Crippen LogP contribution in [0.15, 0.2) is 54.2 Å². The van der Waals surface area contributed by atoms with Crippen molar-refractivity contribution in [2.24, 2.45) is 75.9 Å². The molecule has 19 unspecified atom stereocenters. The van der Waals surface area contributed by atoms with Gasteiger partial charge in [-0.15, -0.1) is 0 Å². The number of allylic oxidation sites excluding steroid dienone is 4. The maximum absolute atomic E-state index is 14.4. The number of hydrogen-bond donors (Lipinski definition) is 6. The summed E-state index contributed by atoms with van der Waals surface area (Å²) in [6.07, 6.45) is 15.6. The van der Waals surface area contributed by atoms with Gasteiger partial charge in [0.25, 0.3) is 0 Å². The fraction of sp³-hybridized carbons (Fsp3) is 0.673. The van der Waals surface area contributed by atoms with Crippen molar-refractivity contribution in [2.45, 2.75) is 119 Å². The van der Waals surface area contributed by atoms with Crippen LogP contribution in [0.5, 0.6) is 0 Å². The normalized spacial score (nSPS) is 52.7. The Bertz CT molecular complexity index is 2100. The van der Waals surface area contributed by atoms with Crippen LogP contribution in [0, 0.1) is 87.8 Å². The average Bonchev–Trinajstić information content (AvgIpc) is 3.67. The Morgan fingerprint density at radius 1 is 1.02 bits per heavy atom. The van der Waals surface area contributed by atoms with Crippen LogP contribution < -0.4 is 5.32 Å². The van der Waals surface area contributed by atoms with E-state index in [1.54, 1.807) is 6.08 Å². The van der Waals surface area contributed by atoms with Gasteiger partial charge in [0.05, 0.1) is 29.3 Å². The van der Waals surface area contributed by atoms with Crippen LogP contribution in [0.3, 0.4) is 0 Å². The number of esters is 1. The Morgan fingerprint density at radius 3 is 2.66 bits per heavy atom. The van der Waals surface area contributed by atoms with Crippen LogP contribution in [0.2, 0.25) is 0 Å². The van der Waals surface area contributed by atoms with Crippen molar-refractivity contribution in [3.05, 3.63) is 70.8 Å². The minimum Gasteiger partial charge on any atom is -0.454 e. The van der Waals surface area contributed by atoms with Crippen LogP contribution in [-0.2, 0) is 27.4 Å². The maximum atomic E-state index is 14.4. The minimum atomic E-state index is -1.75. The molecule has 1 aliphatic heterocycles. The van der Waals surface area contributed by atoms with Gasteiger partial charge >= 0.3 is 5.97 Å². The van der Waals surface area contributed by atoms with Crippen LogP contribution >= 0.6 is 0 Å². The van der Waals surface area contributed by atoms with Crippen molar-refractivity contribution in [3.63, 3.8) is 0 Å². The summed E-state index contributed by atoms with van der Waals surface area (Å²) in [6, 6.07) is 5.73. The number of carbonyl (C=O) groups is 2. The van der Waals surface area contributed by atoms with Gasteiger partial charge in [0, 0.05) is 47.3 Å². The van der Waals surface area contributed by atoms with Gasteiger partial charge in [-0.1, -0.05) is 55.2 Å². The van der Waals surface area contributed by atoms with E-state index in [9.17, 15) is 35.1 Å². The van der Waals surface area contributed by atoms with E-state index >= 15 is 0 Å². The topological polar surface area (TPSA) is 157 Å². The maximum Gasteiger partial charge on any atom is 0.331 e. The molecule has 1 aromatic rings. The first-order valence-corrected chi connectivity index (χ1v) is 22.4. The van der Waals surface area contributed by atoms with Crippen molar-refractivity contribution in [3.8, 4) is 11.8 Å². The fourth-order valence-corrected chi connectivity index (χ4v) is 17.2. The number of fused-ring (bicyclic) bond motifs is 5. The molecular weight excluding hydrogens is 731 g/mol. The Kier molecular flexibility index (Phi) is 8.30. The Hall–Kier alpha value is -3.10. The van der Waals surface area contributed by atoms with Gasteiger partial charge in [-0.05, 0) is 141 Å². The largest absolute Gasteiger partial charge is 0.454 e. The molecular formula is C49H59NO8. The second kappa shape index (κ2) is 12.7. The number of aliphatic hydroxyl groups excluding tert-OH is 2. The number of nitrogens with one attached hydrogen (secondary N) is 1. The minimum absolute atomic E-state index is 0.0935. The molecule has 0 amide bonds. The van der Waals surface area contributed by atoms with E-state index in [2.05, 4.69) is 48.4 Å². The van der Waals surface area contributed by atoms with Gasteiger partial charge in [-0.3, -0.25) is 0 Å². The van der Waals surface area contributed by atoms with Crippen LogP contribution in [0.25, 0.3) is 0 Å². The average molecular weight is 790 g/mol. The molecule has 58 heavy (non-hydrogen) atoms. The molecule has 11 aliphatic rings. The quantitative estimate of drug-likeness (QED) is 0.115. The van der Waals surface area contributed by atoms with E-state index in [1.165, 1.54) is 0 Å². The molecule has 10 aliphatic carbocycles. The summed E-state index contributed by atoms with van der Waals surface area (Å²) in [5.41, 5.74) is -3.71. The lowest BCUT2D eigenvalue weighted by Crippen LogP contribution is -2.84. The van der Waals surface area contributed by atoms with Gasteiger partial charge in [-0.2, -0.15) is 0 Å². The summed E-state index contributed by atoms with van der Waals surface area (Å²) in [5.74, 6) is 4.16. The molecule has 1 spiro atoms. The van der Waals surface area contributed by atoms with E-state index in [1.807, 2.05) is 25.2 Å². The summed E-state index contributed by atoms with van der Waals surface area (Å²) in [5, 5.41) is 68.2. The SMILES string of the molecule is CNC1Cc2c(cccc2CO)C#CCCC23CC4C=CC5CC(O)C6CC7C=CCC(C)C7CC7CC(O)(C4C5(C=O)C76O)C2(O)CC2CC1C1OC(=O)C=C1C23. The number of carbonyl (C=O) groups excluding carboxylic acids is 2. The molecule has 12 rings (SSSR count). The molecule has 0 aromatic heterocycles. The summed E-state index contributed by atoms with van der Waals surface area (Å²) in [4.78, 5) is 27.9. The van der Waals surface area contributed by atoms with Gasteiger partial charge in [0.1, 0.15) is 18.0 Å². The van der Waals surface area contributed by atoms with Gasteiger partial charge in [0.2, 0.25) is 0 Å². The molecule has 9 nitrogen and oxygen atoms in total. The number of hydrogen-bond acceptors (Lipinski definition) is 9. The zero-order valence-corrected chi connectivity index (χ0v) is 33.7. The molecule has 4 bridgehead atoms. The molecule has 1 heterocycles. The Morgan fingerprint density at radius 2 is 1.86 bits per heavy atom. The third kappa shape index (κ3) is 4.45. The van der Waals surface area contributed by atoms with Gasteiger partial charge < -0.3 is 40.4 Å². The third-order valence-electron chi connectivity index (χ3n) is 19.1. The highest BCUT2D eigenvalue weighted by Gasteiger charge is 2.86. The van der Waals surface area contributed by atoms with Crippen molar-refractivity contribution >= 4 is 12.3 Å². The highest BCUT2D eigenvalue weighted by molar-refractivity contribution is 5.86. The van der Waals surface area contributed by atoms with Gasteiger partial charge in [0.15, 0.2) is 0 Å². The summed E-state index contributed by atoms with van der Waals surface area (Å²) < 4.78 is 6.27. The molecule has 9 heteroatoms. The van der Waals surface area contributed by atoms with Gasteiger partial charge in [-0.25, -0.2) is 4.79 Å². The smallest absolute Gasteiger partial charge is 0.331 e. The second-order valence-corrected chi connectivity index (χ2v) is 20.8. The summed E-state index contributed by atoms with van der Waals surface area (Å²) in [6.45, 7) is 2.15. The molecule has 6 saturated carbocycles. The number of rotatable bonds is 3. The summed E-state index contributed by atoms with van der Waals surface area (Å²) >= 11 is 0. The zero-order chi connectivity index (χ0) is 40.1. The predicted octanol–water partition coefficient (Wildman–Crippen LogP) is 4.17. The lowest BCUT2D eigenvalue weighted by atomic mass is 9.31. The van der Waals surface area contributed by atoms with Crippen LogP contribution in [0.1, 0.15) is 87.8 Å². The molecule has 0 saturated heterocycles. The highest BCUT2D eigenvalue weighted by atomic mass is 16.5. The van der Waals surface area contributed by atoms with Crippen molar-refractivity contribution < 1.29 is 39.9 Å². The first kappa shape index (κ1) is 37.9. The molecule has 1 aromatic carbocycles. The summed E-state index contributed by atoms with van der Waals surface area (Å²) in [7, 11) is 1.93. The predicted molar refractivity (Wildman–Crippen MR) is 214 cm³/mol. The molecule has 0 radical (unpaired) electrons. The molecule has 19 atom stereocenters. The lowest BCUT2D eigenvalue weighted by molar-refractivity contribution is -0.360. The number of aliphatic hydroxyl groups is 5.